The number of alkyl carbamates (subject to hydrolysis) is 1. The van der Waals surface area contributed by atoms with Crippen LogP contribution in [0.2, 0.25) is 0 Å². The molecular formula is C18H25N3O2. The molecular weight excluding hydrogens is 290 g/mol. The van der Waals surface area contributed by atoms with Gasteiger partial charge in [-0.3, -0.25) is 0 Å². The van der Waals surface area contributed by atoms with Crippen LogP contribution >= 0.6 is 0 Å². The minimum absolute atomic E-state index is 0.00772. The first-order valence-electron chi connectivity index (χ1n) is 8.35. The van der Waals surface area contributed by atoms with Gasteiger partial charge < -0.3 is 10.1 Å². The highest BCUT2D eigenvalue weighted by molar-refractivity contribution is 5.67. The van der Waals surface area contributed by atoms with Crippen LogP contribution in [0.25, 0.3) is 0 Å². The normalized spacial score (nSPS) is 19.6. The van der Waals surface area contributed by atoms with Gasteiger partial charge in [-0.15, -0.1) is 0 Å². The summed E-state index contributed by atoms with van der Waals surface area (Å²) >= 11 is 0. The number of hydrogen-bond donors (Lipinski definition) is 1. The van der Waals surface area contributed by atoms with Crippen LogP contribution in [0.1, 0.15) is 63.5 Å². The van der Waals surface area contributed by atoms with Crippen molar-refractivity contribution in [3.05, 3.63) is 35.4 Å². The lowest BCUT2D eigenvalue weighted by atomic mass is 9.80. The third-order valence-corrected chi connectivity index (χ3v) is 4.46. The van der Waals surface area contributed by atoms with Gasteiger partial charge in [-0.1, -0.05) is 24.3 Å². The molecule has 0 saturated heterocycles. The summed E-state index contributed by atoms with van der Waals surface area (Å²) in [6.07, 6.45) is 4.10. The fourth-order valence-electron chi connectivity index (χ4n) is 3.08. The van der Waals surface area contributed by atoms with Crippen molar-refractivity contribution in [1.82, 2.24) is 5.32 Å². The van der Waals surface area contributed by atoms with Crippen LogP contribution in [-0.4, -0.2) is 17.4 Å². The topological polar surface area (TPSA) is 63.0 Å². The number of benzene rings is 1. The van der Waals surface area contributed by atoms with Crippen molar-refractivity contribution in [2.45, 2.75) is 70.2 Å². The minimum Gasteiger partial charge on any atom is -0.444 e. The van der Waals surface area contributed by atoms with Gasteiger partial charge in [0.15, 0.2) is 5.66 Å². The van der Waals surface area contributed by atoms with Gasteiger partial charge in [0.1, 0.15) is 5.60 Å². The Morgan fingerprint density at radius 3 is 2.35 bits per heavy atom. The summed E-state index contributed by atoms with van der Waals surface area (Å²) < 4.78 is 5.24. The second-order valence-electron chi connectivity index (χ2n) is 7.55. The predicted octanol–water partition coefficient (Wildman–Crippen LogP) is 4.53. The van der Waals surface area contributed by atoms with E-state index in [1.165, 1.54) is 5.56 Å². The van der Waals surface area contributed by atoms with Gasteiger partial charge in [0.25, 0.3) is 0 Å². The maximum absolute atomic E-state index is 11.7. The summed E-state index contributed by atoms with van der Waals surface area (Å²) in [5, 5.41) is 11.1. The van der Waals surface area contributed by atoms with E-state index < -0.39 is 5.60 Å². The van der Waals surface area contributed by atoms with E-state index in [1.54, 1.807) is 0 Å². The van der Waals surface area contributed by atoms with Gasteiger partial charge in [-0.25, -0.2) is 4.79 Å². The Kier molecular flexibility index (Phi) is 4.13. The first kappa shape index (κ1) is 16.0. The smallest absolute Gasteiger partial charge is 0.407 e. The van der Waals surface area contributed by atoms with Crippen LogP contribution in [-0.2, 0) is 11.3 Å². The number of nitrogens with zero attached hydrogens (tertiary/aromatic N) is 2. The largest absolute Gasteiger partial charge is 0.444 e. The van der Waals surface area contributed by atoms with Crippen molar-refractivity contribution in [3.63, 3.8) is 0 Å². The van der Waals surface area contributed by atoms with Crippen LogP contribution in [0.4, 0.5) is 4.79 Å². The van der Waals surface area contributed by atoms with Crippen LogP contribution in [0.5, 0.6) is 0 Å². The second-order valence-corrected chi connectivity index (χ2v) is 7.55. The number of ether oxygens (including phenoxy) is 1. The Hall–Kier alpha value is -1.91. The monoisotopic (exact) mass is 315 g/mol. The van der Waals surface area contributed by atoms with Crippen LogP contribution in [0.3, 0.4) is 0 Å². The first-order valence-corrected chi connectivity index (χ1v) is 8.35. The Labute approximate surface area is 137 Å². The van der Waals surface area contributed by atoms with E-state index in [4.69, 9.17) is 4.74 Å². The van der Waals surface area contributed by atoms with Crippen molar-refractivity contribution in [2.75, 3.05) is 0 Å². The van der Waals surface area contributed by atoms with Crippen LogP contribution < -0.4 is 5.32 Å². The van der Waals surface area contributed by atoms with Crippen molar-refractivity contribution < 1.29 is 9.53 Å². The highest BCUT2D eigenvalue weighted by Gasteiger charge is 2.43. The summed E-state index contributed by atoms with van der Waals surface area (Å²) in [6.45, 7) is 6.06. The molecule has 0 bridgehead atoms. The molecule has 0 radical (unpaired) electrons. The maximum Gasteiger partial charge on any atom is 0.407 e. The molecule has 124 valence electrons. The summed E-state index contributed by atoms with van der Waals surface area (Å²) in [7, 11) is 0. The molecule has 1 amide bonds. The number of carbonyl (C=O) groups is 1. The van der Waals surface area contributed by atoms with E-state index in [-0.39, 0.29) is 11.8 Å². The Morgan fingerprint density at radius 1 is 1.22 bits per heavy atom. The summed E-state index contributed by atoms with van der Waals surface area (Å²) in [5.74, 6) is 0.611. The average molecular weight is 315 g/mol. The maximum atomic E-state index is 11.7. The zero-order valence-corrected chi connectivity index (χ0v) is 14.1. The zero-order chi connectivity index (χ0) is 16.5. The number of amides is 1. The molecule has 1 heterocycles. The number of hydrogen-bond acceptors (Lipinski definition) is 4. The van der Waals surface area contributed by atoms with E-state index in [2.05, 4.69) is 39.8 Å². The van der Waals surface area contributed by atoms with Crippen molar-refractivity contribution in [2.24, 2.45) is 10.2 Å². The molecule has 0 aromatic heterocycles. The molecule has 1 spiro atoms. The fourth-order valence-corrected chi connectivity index (χ4v) is 3.08. The molecule has 3 rings (SSSR count). The molecule has 1 aliphatic heterocycles. The quantitative estimate of drug-likeness (QED) is 0.890. The number of nitrogens with one attached hydrogen (secondary N) is 1. The van der Waals surface area contributed by atoms with E-state index in [1.807, 2.05) is 20.8 Å². The number of carbonyl (C=O) groups excluding carboxylic acids is 1. The summed E-state index contributed by atoms with van der Waals surface area (Å²) in [4.78, 5) is 11.7. The van der Waals surface area contributed by atoms with Gasteiger partial charge in [0.2, 0.25) is 0 Å². The lowest BCUT2D eigenvalue weighted by molar-refractivity contribution is 0.0523. The highest BCUT2D eigenvalue weighted by Crippen LogP contribution is 2.46. The molecule has 1 aromatic rings. The highest BCUT2D eigenvalue weighted by atomic mass is 16.6. The number of rotatable bonds is 3. The average Bonchev–Trinajstić information content (AvgIpc) is 3.24. The van der Waals surface area contributed by atoms with E-state index in [0.717, 1.165) is 31.2 Å². The standard InChI is InChI=1S/C18H25N3O2/c1-17(2,3)23-16(22)19-12-13-4-6-14(7-5-13)15-8-10-18(11-9-15)20-21-18/h4-7,15H,8-12H2,1-3H3,(H,19,22). The lowest BCUT2D eigenvalue weighted by Gasteiger charge is -2.25. The third kappa shape index (κ3) is 4.30. The van der Waals surface area contributed by atoms with Crippen molar-refractivity contribution in [3.8, 4) is 0 Å². The molecule has 5 heteroatoms. The van der Waals surface area contributed by atoms with Crippen molar-refractivity contribution in [1.29, 1.82) is 0 Å². The first-order chi connectivity index (χ1) is 10.9. The third-order valence-electron chi connectivity index (χ3n) is 4.46. The molecule has 1 aromatic carbocycles. The molecule has 23 heavy (non-hydrogen) atoms. The van der Waals surface area contributed by atoms with E-state index in [0.29, 0.717) is 12.5 Å². The van der Waals surface area contributed by atoms with Gasteiger partial charge >= 0.3 is 6.09 Å². The van der Waals surface area contributed by atoms with Gasteiger partial charge in [-0.05, 0) is 63.5 Å². The Balaban J connectivity index is 1.48. The Bertz CT molecular complexity index is 586. The lowest BCUT2D eigenvalue weighted by Crippen LogP contribution is -2.32. The van der Waals surface area contributed by atoms with Gasteiger partial charge in [0.05, 0.1) is 0 Å². The SMILES string of the molecule is CC(C)(C)OC(=O)NCc1ccc(C2CCC3(CC2)N=N3)cc1. The Morgan fingerprint density at radius 2 is 1.83 bits per heavy atom. The molecule has 1 saturated carbocycles. The zero-order valence-electron chi connectivity index (χ0n) is 14.1. The fraction of sp³-hybridized carbons (Fsp3) is 0.611. The van der Waals surface area contributed by atoms with Gasteiger partial charge in [-0.2, -0.15) is 10.2 Å². The molecule has 2 aliphatic rings. The van der Waals surface area contributed by atoms with E-state index in [9.17, 15) is 4.79 Å². The molecule has 0 atom stereocenters. The van der Waals surface area contributed by atoms with E-state index >= 15 is 0 Å². The molecule has 0 unspecified atom stereocenters. The van der Waals surface area contributed by atoms with Crippen molar-refractivity contribution >= 4 is 6.09 Å². The molecule has 5 nitrogen and oxygen atoms in total. The van der Waals surface area contributed by atoms with Crippen LogP contribution in [0.15, 0.2) is 34.5 Å². The predicted molar refractivity (Wildman–Crippen MR) is 88.3 cm³/mol. The van der Waals surface area contributed by atoms with Gasteiger partial charge in [0, 0.05) is 6.54 Å². The molecule has 1 aliphatic carbocycles. The summed E-state index contributed by atoms with van der Waals surface area (Å²) in [6, 6.07) is 8.53. The molecule has 1 N–H and O–H groups in total. The molecule has 1 fully saturated rings. The second kappa shape index (κ2) is 5.95. The summed E-state index contributed by atoms with van der Waals surface area (Å²) in [5.41, 5.74) is 2.00. The van der Waals surface area contributed by atoms with Crippen LogP contribution in [0, 0.1) is 0 Å². The minimum atomic E-state index is -0.466.